The molecule has 1 unspecified atom stereocenters. The highest BCUT2D eigenvalue weighted by atomic mass is 31.2. The van der Waals surface area contributed by atoms with E-state index in [1.807, 2.05) is 0 Å². The van der Waals surface area contributed by atoms with Gasteiger partial charge in [0.15, 0.2) is 0 Å². The standard InChI is InChI=1S/C6H8NO4P/c1-10-12(8,9)11-6-3-2-4-7-5-6/h2-5H,1H3,(H,8,9). The van der Waals surface area contributed by atoms with E-state index in [0.717, 1.165) is 7.11 Å². The van der Waals surface area contributed by atoms with Crippen LogP contribution in [0.5, 0.6) is 5.75 Å². The van der Waals surface area contributed by atoms with Crippen LogP contribution in [0.25, 0.3) is 0 Å². The van der Waals surface area contributed by atoms with Crippen molar-refractivity contribution in [3.05, 3.63) is 24.5 Å². The topological polar surface area (TPSA) is 68.7 Å². The highest BCUT2D eigenvalue weighted by Crippen LogP contribution is 2.42. The number of rotatable bonds is 3. The molecule has 0 saturated heterocycles. The van der Waals surface area contributed by atoms with Gasteiger partial charge in [-0.1, -0.05) is 0 Å². The molecule has 0 aromatic carbocycles. The molecule has 1 aromatic heterocycles. The van der Waals surface area contributed by atoms with Crippen molar-refractivity contribution in [3.63, 3.8) is 0 Å². The Morgan fingerprint density at radius 1 is 1.67 bits per heavy atom. The summed E-state index contributed by atoms with van der Waals surface area (Å²) in [5.41, 5.74) is 0. The molecule has 6 heteroatoms. The fraction of sp³-hybridized carbons (Fsp3) is 0.167. The fourth-order valence-electron chi connectivity index (χ4n) is 0.572. The third-order valence-corrected chi connectivity index (χ3v) is 1.99. The first-order valence-electron chi connectivity index (χ1n) is 3.12. The second-order valence-electron chi connectivity index (χ2n) is 1.93. The molecule has 1 atom stereocenters. The number of hydrogen-bond acceptors (Lipinski definition) is 4. The minimum Gasteiger partial charge on any atom is -0.402 e. The molecule has 0 bridgehead atoms. The zero-order valence-corrected chi connectivity index (χ0v) is 7.27. The Morgan fingerprint density at radius 3 is 2.92 bits per heavy atom. The van der Waals surface area contributed by atoms with Crippen LogP contribution < -0.4 is 4.52 Å². The van der Waals surface area contributed by atoms with Gasteiger partial charge in [-0.05, 0) is 12.1 Å². The van der Waals surface area contributed by atoms with Crippen molar-refractivity contribution in [3.8, 4) is 5.75 Å². The normalized spacial score (nSPS) is 15.2. The summed E-state index contributed by atoms with van der Waals surface area (Å²) in [5.74, 6) is 0.199. The second kappa shape index (κ2) is 3.67. The summed E-state index contributed by atoms with van der Waals surface area (Å²) in [6.07, 6.45) is 2.85. The Hall–Kier alpha value is -0.900. The van der Waals surface area contributed by atoms with Crippen LogP contribution in [0.3, 0.4) is 0 Å². The quantitative estimate of drug-likeness (QED) is 0.723. The van der Waals surface area contributed by atoms with Gasteiger partial charge in [0.1, 0.15) is 5.75 Å². The maximum Gasteiger partial charge on any atom is 0.527 e. The van der Waals surface area contributed by atoms with Crippen LogP contribution in [0.4, 0.5) is 0 Å². The lowest BCUT2D eigenvalue weighted by molar-refractivity contribution is 0.242. The average Bonchev–Trinajstić information content (AvgIpc) is 2.06. The maximum absolute atomic E-state index is 10.8. The van der Waals surface area contributed by atoms with E-state index in [0.29, 0.717) is 0 Å². The van der Waals surface area contributed by atoms with E-state index in [1.54, 1.807) is 6.07 Å². The number of pyridine rings is 1. The lowest BCUT2D eigenvalue weighted by Gasteiger charge is -2.08. The molecule has 0 radical (unpaired) electrons. The Morgan fingerprint density at radius 2 is 2.42 bits per heavy atom. The van der Waals surface area contributed by atoms with E-state index in [9.17, 15) is 4.57 Å². The first-order valence-corrected chi connectivity index (χ1v) is 4.62. The highest BCUT2D eigenvalue weighted by molar-refractivity contribution is 7.47. The molecule has 0 spiro atoms. The predicted octanol–water partition coefficient (Wildman–Crippen LogP) is 1.21. The van der Waals surface area contributed by atoms with Crippen molar-refractivity contribution in [2.75, 3.05) is 7.11 Å². The summed E-state index contributed by atoms with van der Waals surface area (Å²) < 4.78 is 19.6. The van der Waals surface area contributed by atoms with E-state index in [-0.39, 0.29) is 5.75 Å². The monoisotopic (exact) mass is 189 g/mol. The van der Waals surface area contributed by atoms with Crippen molar-refractivity contribution >= 4 is 7.82 Å². The molecule has 0 aliphatic rings. The van der Waals surface area contributed by atoms with Crippen LogP contribution in [0, 0.1) is 0 Å². The molecule has 0 aliphatic carbocycles. The summed E-state index contributed by atoms with van der Waals surface area (Å²) in [5, 5.41) is 0. The molecule has 66 valence electrons. The molecule has 0 aliphatic heterocycles. The van der Waals surface area contributed by atoms with Crippen molar-refractivity contribution in [1.29, 1.82) is 0 Å². The molecular weight excluding hydrogens is 181 g/mol. The summed E-state index contributed by atoms with van der Waals surface area (Å²) in [7, 11) is -2.84. The van der Waals surface area contributed by atoms with Gasteiger partial charge in [-0.25, -0.2) is 4.57 Å². The Labute approximate surface area is 69.6 Å². The molecule has 1 N–H and O–H groups in total. The zero-order chi connectivity index (χ0) is 9.03. The van der Waals surface area contributed by atoms with E-state index >= 15 is 0 Å². The third kappa shape index (κ3) is 2.62. The van der Waals surface area contributed by atoms with E-state index in [2.05, 4.69) is 14.0 Å². The molecule has 1 aromatic rings. The maximum atomic E-state index is 10.8. The van der Waals surface area contributed by atoms with Gasteiger partial charge >= 0.3 is 7.82 Å². The lowest BCUT2D eigenvalue weighted by atomic mass is 10.5. The van der Waals surface area contributed by atoms with Gasteiger partial charge in [0.2, 0.25) is 0 Å². The highest BCUT2D eigenvalue weighted by Gasteiger charge is 2.19. The van der Waals surface area contributed by atoms with Crippen LogP contribution in [-0.4, -0.2) is 17.0 Å². The summed E-state index contributed by atoms with van der Waals surface area (Å²) in [6.45, 7) is 0. The van der Waals surface area contributed by atoms with E-state index in [4.69, 9.17) is 4.89 Å². The van der Waals surface area contributed by atoms with Crippen LogP contribution in [0.15, 0.2) is 24.5 Å². The molecule has 0 fully saturated rings. The average molecular weight is 189 g/mol. The summed E-state index contributed by atoms with van der Waals surface area (Å²) >= 11 is 0. The Bertz CT molecular complexity index is 289. The predicted molar refractivity (Wildman–Crippen MR) is 41.7 cm³/mol. The number of aromatic nitrogens is 1. The number of hydrogen-bond donors (Lipinski definition) is 1. The fourth-order valence-corrected chi connectivity index (χ4v) is 1.02. The van der Waals surface area contributed by atoms with Gasteiger partial charge in [-0.2, -0.15) is 0 Å². The number of nitrogens with zero attached hydrogens (tertiary/aromatic N) is 1. The summed E-state index contributed by atoms with van der Waals surface area (Å²) in [6, 6.07) is 3.10. The molecule has 0 saturated carbocycles. The van der Waals surface area contributed by atoms with Gasteiger partial charge in [0.25, 0.3) is 0 Å². The van der Waals surface area contributed by atoms with Crippen LogP contribution >= 0.6 is 7.82 Å². The van der Waals surface area contributed by atoms with E-state index in [1.165, 1.54) is 18.5 Å². The van der Waals surface area contributed by atoms with E-state index < -0.39 is 7.82 Å². The first kappa shape index (κ1) is 9.19. The first-order chi connectivity index (χ1) is 5.64. The van der Waals surface area contributed by atoms with Crippen LogP contribution in [-0.2, 0) is 9.09 Å². The molecule has 0 amide bonds. The van der Waals surface area contributed by atoms with Crippen molar-refractivity contribution in [1.82, 2.24) is 4.98 Å². The lowest BCUT2D eigenvalue weighted by Crippen LogP contribution is -1.93. The molecule has 1 rings (SSSR count). The Balaban J connectivity index is 2.71. The van der Waals surface area contributed by atoms with Gasteiger partial charge < -0.3 is 4.52 Å². The minimum absolute atomic E-state index is 0.199. The third-order valence-electron chi connectivity index (χ3n) is 1.09. The van der Waals surface area contributed by atoms with Crippen LogP contribution in [0.1, 0.15) is 0 Å². The smallest absolute Gasteiger partial charge is 0.402 e. The summed E-state index contributed by atoms with van der Waals surface area (Å²) in [4.78, 5) is 12.6. The molecule has 1 heterocycles. The van der Waals surface area contributed by atoms with Gasteiger partial charge in [0, 0.05) is 13.3 Å². The Kier molecular flexibility index (Phi) is 2.81. The minimum atomic E-state index is -3.94. The van der Waals surface area contributed by atoms with Crippen LogP contribution in [0.2, 0.25) is 0 Å². The van der Waals surface area contributed by atoms with Crippen molar-refractivity contribution < 1.29 is 18.5 Å². The molecule has 12 heavy (non-hydrogen) atoms. The second-order valence-corrected chi connectivity index (χ2v) is 3.42. The zero-order valence-electron chi connectivity index (χ0n) is 6.38. The van der Waals surface area contributed by atoms with Gasteiger partial charge in [0.05, 0.1) is 6.20 Å². The van der Waals surface area contributed by atoms with Crippen molar-refractivity contribution in [2.45, 2.75) is 0 Å². The molecular formula is C6H8NO4P. The van der Waals surface area contributed by atoms with Crippen molar-refractivity contribution in [2.24, 2.45) is 0 Å². The van der Waals surface area contributed by atoms with Gasteiger partial charge in [-0.15, -0.1) is 0 Å². The largest absolute Gasteiger partial charge is 0.527 e. The number of phosphoric acid groups is 1. The SMILES string of the molecule is COP(=O)(O)Oc1cccnc1. The molecule has 5 nitrogen and oxygen atoms in total. The number of phosphoric ester groups is 1. The van der Waals surface area contributed by atoms with Gasteiger partial charge in [-0.3, -0.25) is 14.4 Å².